The number of carbonyl (C=O) groups is 1. The minimum Gasteiger partial charge on any atom is -0.465 e. The summed E-state index contributed by atoms with van der Waals surface area (Å²) in [5.41, 5.74) is 10.5. The molecule has 0 spiro atoms. The van der Waals surface area contributed by atoms with Crippen LogP contribution in [0.3, 0.4) is 0 Å². The number of anilines is 1. The quantitative estimate of drug-likeness (QED) is 0.482. The van der Waals surface area contributed by atoms with Crippen LogP contribution in [0, 0.1) is 0 Å². The molecule has 7 heteroatoms. The number of nitrogens with one attached hydrogen (secondary N) is 1. The van der Waals surface area contributed by atoms with Crippen LogP contribution >= 0.6 is 0 Å². The first-order chi connectivity index (χ1) is 13.6. The lowest BCUT2D eigenvalue weighted by Gasteiger charge is -2.15. The number of aromatic nitrogens is 2. The van der Waals surface area contributed by atoms with Crippen molar-refractivity contribution in [2.24, 2.45) is 5.73 Å². The molecule has 2 aromatic carbocycles. The Bertz CT molecular complexity index is 1140. The van der Waals surface area contributed by atoms with E-state index in [2.05, 4.69) is 15.5 Å². The summed E-state index contributed by atoms with van der Waals surface area (Å²) in [7, 11) is 0. The van der Waals surface area contributed by atoms with Crippen molar-refractivity contribution in [1.82, 2.24) is 10.1 Å². The van der Waals surface area contributed by atoms with Crippen molar-refractivity contribution in [2.45, 2.75) is 12.5 Å². The van der Waals surface area contributed by atoms with E-state index in [-0.39, 0.29) is 11.9 Å². The van der Waals surface area contributed by atoms with Crippen LogP contribution in [0.15, 0.2) is 71.3 Å². The molecule has 0 fully saturated rings. The first-order valence-electron chi connectivity index (χ1n) is 8.77. The highest BCUT2D eigenvalue weighted by molar-refractivity contribution is 5.92. The fourth-order valence-corrected chi connectivity index (χ4v) is 3.22. The Morgan fingerprint density at radius 2 is 1.86 bits per heavy atom. The molecule has 7 nitrogen and oxygen atoms in total. The van der Waals surface area contributed by atoms with E-state index in [0.717, 1.165) is 27.8 Å². The van der Waals surface area contributed by atoms with Crippen LogP contribution in [0.5, 0.6) is 0 Å². The van der Waals surface area contributed by atoms with Crippen LogP contribution in [-0.2, 0) is 6.42 Å². The normalized spacial score (nSPS) is 12.0. The predicted octanol–water partition coefficient (Wildman–Crippen LogP) is 4.22. The Hall–Kier alpha value is -3.71. The molecule has 4 N–H and O–H groups in total. The van der Waals surface area contributed by atoms with Gasteiger partial charge in [-0.15, -0.1) is 0 Å². The number of nitrogens with zero attached hydrogens (tertiary/aromatic N) is 2. The van der Waals surface area contributed by atoms with E-state index >= 15 is 0 Å². The Kier molecular flexibility index (Phi) is 4.74. The zero-order valence-electron chi connectivity index (χ0n) is 14.9. The van der Waals surface area contributed by atoms with Crippen LogP contribution in [-0.4, -0.2) is 21.3 Å². The van der Waals surface area contributed by atoms with Crippen LogP contribution in [0.2, 0.25) is 0 Å². The van der Waals surface area contributed by atoms with Gasteiger partial charge in [-0.3, -0.25) is 5.32 Å². The SMILES string of the molecule is N[C@@H](Cc1cccc(NC(=O)O)n1)c1ccccc1-c1noc2ccccc12. The van der Waals surface area contributed by atoms with Gasteiger partial charge in [0, 0.05) is 29.1 Å². The minimum atomic E-state index is -1.16. The van der Waals surface area contributed by atoms with Gasteiger partial charge >= 0.3 is 6.09 Å². The molecular formula is C21H18N4O3. The molecule has 0 saturated carbocycles. The summed E-state index contributed by atoms with van der Waals surface area (Å²) < 4.78 is 5.44. The number of fused-ring (bicyclic) bond motifs is 1. The van der Waals surface area contributed by atoms with Crippen molar-refractivity contribution in [1.29, 1.82) is 0 Å². The molecule has 0 aliphatic carbocycles. The van der Waals surface area contributed by atoms with E-state index in [0.29, 0.717) is 12.1 Å². The molecular weight excluding hydrogens is 356 g/mol. The highest BCUT2D eigenvalue weighted by Gasteiger charge is 2.18. The Labute approximate surface area is 160 Å². The zero-order chi connectivity index (χ0) is 19.5. The number of hydrogen-bond donors (Lipinski definition) is 3. The monoisotopic (exact) mass is 374 g/mol. The number of amides is 1. The average molecular weight is 374 g/mol. The van der Waals surface area contributed by atoms with Crippen molar-refractivity contribution in [2.75, 3.05) is 5.32 Å². The van der Waals surface area contributed by atoms with E-state index < -0.39 is 6.09 Å². The molecule has 0 aliphatic heterocycles. The van der Waals surface area contributed by atoms with Crippen LogP contribution < -0.4 is 11.1 Å². The number of carboxylic acid groups (broad SMARTS) is 1. The number of para-hydroxylation sites is 1. The molecule has 0 aliphatic rings. The molecule has 140 valence electrons. The Morgan fingerprint density at radius 3 is 2.71 bits per heavy atom. The van der Waals surface area contributed by atoms with E-state index in [1.807, 2.05) is 54.6 Å². The molecule has 2 heterocycles. The van der Waals surface area contributed by atoms with Crippen LogP contribution in [0.1, 0.15) is 17.3 Å². The molecule has 0 bridgehead atoms. The van der Waals surface area contributed by atoms with E-state index in [4.69, 9.17) is 15.4 Å². The van der Waals surface area contributed by atoms with Gasteiger partial charge in [0.1, 0.15) is 11.5 Å². The largest absolute Gasteiger partial charge is 0.465 e. The topological polar surface area (TPSA) is 114 Å². The summed E-state index contributed by atoms with van der Waals surface area (Å²) in [5, 5.41) is 16.3. The third-order valence-corrected chi connectivity index (χ3v) is 4.46. The lowest BCUT2D eigenvalue weighted by atomic mass is 9.94. The van der Waals surface area contributed by atoms with Gasteiger partial charge in [-0.25, -0.2) is 9.78 Å². The summed E-state index contributed by atoms with van der Waals surface area (Å²) in [5.74, 6) is 0.271. The highest BCUT2D eigenvalue weighted by atomic mass is 16.5. The van der Waals surface area contributed by atoms with Crippen LogP contribution in [0.4, 0.5) is 10.6 Å². The van der Waals surface area contributed by atoms with E-state index in [1.54, 1.807) is 12.1 Å². The molecule has 28 heavy (non-hydrogen) atoms. The molecule has 0 unspecified atom stereocenters. The Morgan fingerprint density at radius 1 is 1.07 bits per heavy atom. The second-order valence-corrected chi connectivity index (χ2v) is 6.37. The van der Waals surface area contributed by atoms with Crippen molar-refractivity contribution in [3.05, 3.63) is 78.0 Å². The van der Waals surface area contributed by atoms with Gasteiger partial charge in [-0.2, -0.15) is 0 Å². The van der Waals surface area contributed by atoms with Crippen LogP contribution in [0.25, 0.3) is 22.2 Å². The molecule has 2 aromatic heterocycles. The second kappa shape index (κ2) is 7.50. The average Bonchev–Trinajstić information content (AvgIpc) is 3.12. The first kappa shape index (κ1) is 17.7. The maximum Gasteiger partial charge on any atom is 0.410 e. The maximum absolute atomic E-state index is 10.8. The van der Waals surface area contributed by atoms with Gasteiger partial charge in [0.25, 0.3) is 0 Å². The number of nitrogens with two attached hydrogens (primary N) is 1. The zero-order valence-corrected chi connectivity index (χ0v) is 14.9. The smallest absolute Gasteiger partial charge is 0.410 e. The van der Waals surface area contributed by atoms with Gasteiger partial charge < -0.3 is 15.4 Å². The Balaban J connectivity index is 1.66. The molecule has 4 aromatic rings. The third-order valence-electron chi connectivity index (χ3n) is 4.46. The van der Waals surface area contributed by atoms with Crippen molar-refractivity contribution in [3.8, 4) is 11.3 Å². The minimum absolute atomic E-state index is 0.271. The number of hydrogen-bond acceptors (Lipinski definition) is 5. The third kappa shape index (κ3) is 3.56. The summed E-state index contributed by atoms with van der Waals surface area (Å²) in [4.78, 5) is 15.1. The molecule has 1 atom stereocenters. The summed E-state index contributed by atoms with van der Waals surface area (Å²) in [6.07, 6.45) is -0.709. The second-order valence-electron chi connectivity index (χ2n) is 6.37. The fourth-order valence-electron chi connectivity index (χ4n) is 3.22. The lowest BCUT2D eigenvalue weighted by molar-refractivity contribution is 0.209. The van der Waals surface area contributed by atoms with Crippen molar-refractivity contribution >= 4 is 22.9 Å². The number of pyridine rings is 1. The molecule has 4 rings (SSSR count). The van der Waals surface area contributed by atoms with E-state index in [9.17, 15) is 4.79 Å². The summed E-state index contributed by atoms with van der Waals surface area (Å²) in [6, 6.07) is 20.3. The summed E-state index contributed by atoms with van der Waals surface area (Å²) in [6.45, 7) is 0. The highest BCUT2D eigenvalue weighted by Crippen LogP contribution is 2.33. The molecule has 0 radical (unpaired) electrons. The van der Waals surface area contributed by atoms with Crippen molar-refractivity contribution < 1.29 is 14.4 Å². The standard InChI is InChI=1S/C21H18N4O3/c22-17(12-13-6-5-11-19(23-13)24-21(26)27)14-7-1-2-8-15(14)20-16-9-3-4-10-18(16)28-25-20/h1-11,17H,12,22H2,(H,23,24)(H,26,27)/t17-/m0/s1. The fraction of sp³-hybridized carbons (Fsp3) is 0.0952. The molecule has 0 saturated heterocycles. The van der Waals surface area contributed by atoms with Gasteiger partial charge in [-0.05, 0) is 29.8 Å². The van der Waals surface area contributed by atoms with Crippen molar-refractivity contribution in [3.63, 3.8) is 0 Å². The van der Waals surface area contributed by atoms with Gasteiger partial charge in [0.2, 0.25) is 0 Å². The molecule has 1 amide bonds. The number of rotatable bonds is 5. The maximum atomic E-state index is 10.8. The van der Waals surface area contributed by atoms with Gasteiger partial charge in [0.05, 0.1) is 0 Å². The van der Waals surface area contributed by atoms with E-state index in [1.165, 1.54) is 0 Å². The summed E-state index contributed by atoms with van der Waals surface area (Å²) >= 11 is 0. The first-order valence-corrected chi connectivity index (χ1v) is 8.77. The lowest BCUT2D eigenvalue weighted by Crippen LogP contribution is -2.16. The predicted molar refractivity (Wildman–Crippen MR) is 106 cm³/mol. The van der Waals surface area contributed by atoms with Gasteiger partial charge in [-0.1, -0.05) is 47.6 Å². The van der Waals surface area contributed by atoms with Gasteiger partial charge in [0.15, 0.2) is 5.58 Å². The number of benzene rings is 2.